The molecule has 0 saturated heterocycles. The van der Waals surface area contributed by atoms with Crippen LogP contribution in [0.15, 0.2) is 71.6 Å². The van der Waals surface area contributed by atoms with Crippen LogP contribution in [-0.2, 0) is 14.8 Å². The Hall–Kier alpha value is -3.43. The minimum Gasteiger partial charge on any atom is -0.492 e. The standard InChI is InChI=1S/C26H27ClN2O6S/c1-3-33-23-7-5-4-6-22(23)29(36(31,32)21-11-9-20(27)10-12-21)17-26(30)28-18(2)19-8-13-24-25(16-19)35-15-14-34-24/h4-13,16,18H,3,14-15,17H2,1-2H3,(H,28,30)/t18-/m0/s1. The zero-order valence-corrected chi connectivity index (χ0v) is 21.5. The van der Waals surface area contributed by atoms with Gasteiger partial charge in [0.15, 0.2) is 11.5 Å². The number of nitrogens with one attached hydrogen (secondary N) is 1. The Morgan fingerprint density at radius 2 is 1.75 bits per heavy atom. The number of hydrogen-bond donors (Lipinski definition) is 1. The maximum atomic E-state index is 13.7. The molecule has 3 aromatic rings. The van der Waals surface area contributed by atoms with Crippen molar-refractivity contribution in [2.45, 2.75) is 24.8 Å². The number of fused-ring (bicyclic) bond motifs is 1. The predicted octanol–water partition coefficient (Wildman–Crippen LogP) is 4.58. The number of halogens is 1. The lowest BCUT2D eigenvalue weighted by Crippen LogP contribution is -2.41. The molecule has 8 nitrogen and oxygen atoms in total. The predicted molar refractivity (Wildman–Crippen MR) is 138 cm³/mol. The van der Waals surface area contributed by atoms with Crippen molar-refractivity contribution in [1.29, 1.82) is 0 Å². The smallest absolute Gasteiger partial charge is 0.264 e. The summed E-state index contributed by atoms with van der Waals surface area (Å²) in [5.74, 6) is 1.13. The number of nitrogens with zero attached hydrogens (tertiary/aromatic N) is 1. The van der Waals surface area contributed by atoms with E-state index in [2.05, 4.69) is 5.32 Å². The average Bonchev–Trinajstić information content (AvgIpc) is 2.88. The molecular weight excluding hydrogens is 504 g/mol. The highest BCUT2D eigenvalue weighted by Gasteiger charge is 2.30. The van der Waals surface area contributed by atoms with Gasteiger partial charge in [-0.2, -0.15) is 0 Å². The number of carbonyl (C=O) groups is 1. The quantitative estimate of drug-likeness (QED) is 0.435. The van der Waals surface area contributed by atoms with E-state index in [9.17, 15) is 13.2 Å². The van der Waals surface area contributed by atoms with Crippen LogP contribution < -0.4 is 23.8 Å². The Balaban J connectivity index is 1.61. The van der Waals surface area contributed by atoms with Crippen LogP contribution in [0, 0.1) is 0 Å². The van der Waals surface area contributed by atoms with Crippen LogP contribution in [-0.4, -0.2) is 40.7 Å². The molecule has 0 radical (unpaired) electrons. The second-order valence-electron chi connectivity index (χ2n) is 8.06. The third-order valence-corrected chi connectivity index (χ3v) is 7.59. The summed E-state index contributed by atoms with van der Waals surface area (Å²) in [6.45, 7) is 4.43. The Morgan fingerprint density at radius 3 is 2.47 bits per heavy atom. The molecule has 10 heteroatoms. The number of hydrogen-bond acceptors (Lipinski definition) is 6. The number of anilines is 1. The molecule has 0 spiro atoms. The molecule has 0 bridgehead atoms. The number of para-hydroxylation sites is 2. The number of benzene rings is 3. The zero-order valence-electron chi connectivity index (χ0n) is 19.9. The second kappa shape index (κ2) is 11.1. The van der Waals surface area contributed by atoms with Gasteiger partial charge in [0.2, 0.25) is 5.91 Å². The molecule has 0 aromatic heterocycles. The first-order valence-corrected chi connectivity index (χ1v) is 13.3. The van der Waals surface area contributed by atoms with Gasteiger partial charge >= 0.3 is 0 Å². The molecular formula is C26H27ClN2O6S. The number of ether oxygens (including phenoxy) is 3. The Bertz CT molecular complexity index is 1330. The lowest BCUT2D eigenvalue weighted by molar-refractivity contribution is -0.120. The highest BCUT2D eigenvalue weighted by molar-refractivity contribution is 7.92. The topological polar surface area (TPSA) is 94.2 Å². The SMILES string of the molecule is CCOc1ccccc1N(CC(=O)N[C@@H](C)c1ccc2c(c1)OCCO2)S(=O)(=O)c1ccc(Cl)cc1. The van der Waals surface area contributed by atoms with Gasteiger partial charge in [0.05, 0.1) is 23.2 Å². The van der Waals surface area contributed by atoms with Crippen LogP contribution in [0.4, 0.5) is 5.69 Å². The highest BCUT2D eigenvalue weighted by Crippen LogP contribution is 2.34. The summed E-state index contributed by atoms with van der Waals surface area (Å²) in [5.41, 5.74) is 1.06. The molecule has 0 saturated carbocycles. The first kappa shape index (κ1) is 25.7. The lowest BCUT2D eigenvalue weighted by Gasteiger charge is -2.27. The third kappa shape index (κ3) is 5.68. The second-order valence-corrected chi connectivity index (χ2v) is 10.4. The molecule has 0 aliphatic carbocycles. The Labute approximate surface area is 215 Å². The molecule has 1 heterocycles. The Kier molecular flexibility index (Phi) is 7.91. The number of sulfonamides is 1. The van der Waals surface area contributed by atoms with Crippen LogP contribution in [0.1, 0.15) is 25.5 Å². The molecule has 3 aromatic carbocycles. The maximum Gasteiger partial charge on any atom is 0.264 e. The van der Waals surface area contributed by atoms with Gasteiger partial charge in [-0.15, -0.1) is 0 Å². The van der Waals surface area contributed by atoms with Crippen molar-refractivity contribution in [3.05, 3.63) is 77.3 Å². The fourth-order valence-electron chi connectivity index (χ4n) is 3.80. The van der Waals surface area contributed by atoms with E-state index in [-0.39, 0.29) is 10.6 Å². The summed E-state index contributed by atoms with van der Waals surface area (Å²) >= 11 is 5.96. The minimum absolute atomic E-state index is 0.00545. The summed E-state index contributed by atoms with van der Waals surface area (Å²) < 4.78 is 45.2. The summed E-state index contributed by atoms with van der Waals surface area (Å²) in [7, 11) is -4.12. The lowest BCUT2D eigenvalue weighted by atomic mass is 10.1. The van der Waals surface area contributed by atoms with Gasteiger partial charge in [-0.3, -0.25) is 9.10 Å². The maximum absolute atomic E-state index is 13.7. The third-order valence-electron chi connectivity index (χ3n) is 5.57. The molecule has 1 N–H and O–H groups in total. The summed E-state index contributed by atoms with van der Waals surface area (Å²) in [6, 6.07) is 17.5. The number of amides is 1. The normalized spacial score (nSPS) is 13.5. The average molecular weight is 531 g/mol. The van der Waals surface area contributed by atoms with Gasteiger partial charge in [0, 0.05) is 5.02 Å². The Morgan fingerprint density at radius 1 is 1.06 bits per heavy atom. The molecule has 4 rings (SSSR count). The van der Waals surface area contributed by atoms with Crippen LogP contribution >= 0.6 is 11.6 Å². The van der Waals surface area contributed by atoms with Gasteiger partial charge in [-0.1, -0.05) is 29.8 Å². The van der Waals surface area contributed by atoms with Crippen molar-refractivity contribution in [3.63, 3.8) is 0 Å². The molecule has 190 valence electrons. The van der Waals surface area contributed by atoms with Crippen LogP contribution in [0.2, 0.25) is 5.02 Å². The molecule has 0 unspecified atom stereocenters. The van der Waals surface area contributed by atoms with Crippen molar-refractivity contribution in [2.24, 2.45) is 0 Å². The van der Waals surface area contributed by atoms with E-state index in [1.807, 2.05) is 19.1 Å². The molecule has 36 heavy (non-hydrogen) atoms. The largest absolute Gasteiger partial charge is 0.492 e. The van der Waals surface area contributed by atoms with Gasteiger partial charge < -0.3 is 19.5 Å². The van der Waals surface area contributed by atoms with Gasteiger partial charge in [-0.05, 0) is 67.9 Å². The summed E-state index contributed by atoms with van der Waals surface area (Å²) in [6.07, 6.45) is 0. The fourth-order valence-corrected chi connectivity index (χ4v) is 5.36. The van der Waals surface area contributed by atoms with E-state index >= 15 is 0 Å². The first-order valence-electron chi connectivity index (χ1n) is 11.5. The van der Waals surface area contributed by atoms with Crippen molar-refractivity contribution < 1.29 is 27.4 Å². The number of rotatable bonds is 9. The van der Waals surface area contributed by atoms with Crippen LogP contribution in [0.3, 0.4) is 0 Å². The van der Waals surface area contributed by atoms with Crippen molar-refractivity contribution >= 4 is 33.2 Å². The van der Waals surface area contributed by atoms with E-state index in [1.54, 1.807) is 37.3 Å². The first-order chi connectivity index (χ1) is 17.3. The molecule has 1 aliphatic rings. The van der Waals surface area contributed by atoms with Crippen LogP contribution in [0.25, 0.3) is 0 Å². The monoisotopic (exact) mass is 530 g/mol. The van der Waals surface area contributed by atoms with E-state index in [4.69, 9.17) is 25.8 Å². The van der Waals surface area contributed by atoms with E-state index in [1.165, 1.54) is 24.3 Å². The molecule has 0 fully saturated rings. The van der Waals surface area contributed by atoms with Gasteiger partial charge in [0.1, 0.15) is 25.5 Å². The van der Waals surface area contributed by atoms with E-state index in [0.717, 1.165) is 9.87 Å². The van der Waals surface area contributed by atoms with E-state index in [0.29, 0.717) is 42.1 Å². The van der Waals surface area contributed by atoms with Crippen LogP contribution in [0.5, 0.6) is 17.2 Å². The summed E-state index contributed by atoms with van der Waals surface area (Å²) in [4.78, 5) is 13.2. The van der Waals surface area contributed by atoms with Crippen molar-refractivity contribution in [3.8, 4) is 17.2 Å². The molecule has 1 amide bonds. The van der Waals surface area contributed by atoms with Gasteiger partial charge in [-0.25, -0.2) is 8.42 Å². The van der Waals surface area contributed by atoms with Crippen molar-refractivity contribution in [1.82, 2.24) is 5.32 Å². The minimum atomic E-state index is -4.12. The zero-order chi connectivity index (χ0) is 25.7. The number of carbonyl (C=O) groups excluding carboxylic acids is 1. The molecule has 1 atom stereocenters. The fraction of sp³-hybridized carbons (Fsp3) is 0.269. The summed E-state index contributed by atoms with van der Waals surface area (Å²) in [5, 5.41) is 3.29. The molecule has 1 aliphatic heterocycles. The highest BCUT2D eigenvalue weighted by atomic mass is 35.5. The van der Waals surface area contributed by atoms with Gasteiger partial charge in [0.25, 0.3) is 10.0 Å². The van der Waals surface area contributed by atoms with Crippen molar-refractivity contribution in [2.75, 3.05) is 30.7 Å². The van der Waals surface area contributed by atoms with E-state index < -0.39 is 28.5 Å².